The van der Waals surface area contributed by atoms with Crippen molar-refractivity contribution in [3.05, 3.63) is 82.9 Å². The van der Waals surface area contributed by atoms with Gasteiger partial charge in [-0.1, -0.05) is 48.0 Å². The predicted octanol–water partition coefficient (Wildman–Crippen LogP) is 5.09. The van der Waals surface area contributed by atoms with Crippen LogP contribution in [0.2, 0.25) is 5.02 Å². The van der Waals surface area contributed by atoms with E-state index in [2.05, 4.69) is 10.1 Å². The van der Waals surface area contributed by atoms with E-state index in [1.807, 2.05) is 30.3 Å². The molecular formula is C22H16ClF2NO4. The average molecular weight is 432 g/mol. The Bertz CT molecular complexity index is 1090. The van der Waals surface area contributed by atoms with Crippen molar-refractivity contribution in [3.63, 3.8) is 0 Å². The van der Waals surface area contributed by atoms with Crippen LogP contribution in [-0.2, 0) is 9.53 Å². The molecule has 1 N–H and O–H groups in total. The molecule has 30 heavy (non-hydrogen) atoms. The first kappa shape index (κ1) is 21.3. The number of nitrogens with one attached hydrogen (secondary N) is 1. The van der Waals surface area contributed by atoms with Crippen LogP contribution in [0.4, 0.5) is 14.5 Å². The van der Waals surface area contributed by atoms with Crippen molar-refractivity contribution in [3.8, 4) is 16.9 Å². The second-order valence-corrected chi connectivity index (χ2v) is 6.56. The lowest BCUT2D eigenvalue weighted by Gasteiger charge is -2.11. The Hall–Kier alpha value is -3.45. The highest BCUT2D eigenvalue weighted by atomic mass is 35.5. The van der Waals surface area contributed by atoms with E-state index >= 15 is 0 Å². The monoisotopic (exact) mass is 431 g/mol. The number of carbonyl (C=O) groups is 2. The van der Waals surface area contributed by atoms with E-state index in [0.717, 1.165) is 24.3 Å². The van der Waals surface area contributed by atoms with Gasteiger partial charge in [0, 0.05) is 6.07 Å². The maximum Gasteiger partial charge on any atom is 0.340 e. The van der Waals surface area contributed by atoms with Crippen LogP contribution in [0.15, 0.2) is 60.7 Å². The number of rotatable bonds is 6. The fraction of sp³-hybridized carbons (Fsp3) is 0.0909. The zero-order valence-electron chi connectivity index (χ0n) is 15.7. The summed E-state index contributed by atoms with van der Waals surface area (Å²) in [5.41, 5.74) is 0.962. The first-order chi connectivity index (χ1) is 14.4. The van der Waals surface area contributed by atoms with Gasteiger partial charge in [0.2, 0.25) is 0 Å². The molecule has 0 unspecified atom stereocenters. The third-order valence-corrected chi connectivity index (χ3v) is 4.43. The van der Waals surface area contributed by atoms with Crippen LogP contribution < -0.4 is 10.1 Å². The second-order valence-electron chi connectivity index (χ2n) is 6.15. The van der Waals surface area contributed by atoms with Gasteiger partial charge < -0.3 is 14.8 Å². The van der Waals surface area contributed by atoms with Gasteiger partial charge in [-0.15, -0.1) is 0 Å². The minimum atomic E-state index is -1.10. The molecule has 0 fully saturated rings. The zero-order chi connectivity index (χ0) is 21.7. The molecule has 3 rings (SSSR count). The number of amides is 1. The van der Waals surface area contributed by atoms with Crippen LogP contribution >= 0.6 is 11.6 Å². The first-order valence-electron chi connectivity index (χ1n) is 8.74. The van der Waals surface area contributed by atoms with E-state index in [-0.39, 0.29) is 11.4 Å². The van der Waals surface area contributed by atoms with Crippen LogP contribution in [0.5, 0.6) is 5.75 Å². The number of benzene rings is 3. The Balaban J connectivity index is 1.67. The maximum atomic E-state index is 13.9. The van der Waals surface area contributed by atoms with E-state index in [9.17, 15) is 18.4 Å². The van der Waals surface area contributed by atoms with Crippen LogP contribution in [0, 0.1) is 11.6 Å². The SMILES string of the molecule is COC(=O)c1cc(NC(=O)COc2ccc(-c3ccccc3)cc2Cl)c(F)cc1F. The van der Waals surface area contributed by atoms with Crippen molar-refractivity contribution in [2.45, 2.75) is 0 Å². The third kappa shape index (κ3) is 4.93. The van der Waals surface area contributed by atoms with E-state index in [1.165, 1.54) is 0 Å². The molecule has 3 aromatic rings. The Morgan fingerprint density at radius 2 is 1.70 bits per heavy atom. The van der Waals surface area contributed by atoms with Crippen LogP contribution in [0.25, 0.3) is 11.1 Å². The molecule has 5 nitrogen and oxygen atoms in total. The van der Waals surface area contributed by atoms with Gasteiger partial charge in [-0.05, 0) is 29.3 Å². The smallest absolute Gasteiger partial charge is 0.340 e. The predicted molar refractivity (Wildman–Crippen MR) is 109 cm³/mol. The maximum absolute atomic E-state index is 13.9. The Morgan fingerprint density at radius 1 is 0.967 bits per heavy atom. The number of esters is 1. The van der Waals surface area contributed by atoms with Gasteiger partial charge in [0.15, 0.2) is 6.61 Å². The molecule has 3 aromatic carbocycles. The zero-order valence-corrected chi connectivity index (χ0v) is 16.5. The van der Waals surface area contributed by atoms with Crippen molar-refractivity contribution in [2.24, 2.45) is 0 Å². The highest BCUT2D eigenvalue weighted by Gasteiger charge is 2.18. The van der Waals surface area contributed by atoms with Crippen molar-refractivity contribution in [1.29, 1.82) is 0 Å². The Labute approximate surface area is 176 Å². The minimum absolute atomic E-state index is 0.265. The molecule has 0 spiro atoms. The Morgan fingerprint density at radius 3 is 2.37 bits per heavy atom. The van der Waals surface area contributed by atoms with Crippen LogP contribution in [-0.4, -0.2) is 25.6 Å². The van der Waals surface area contributed by atoms with E-state index in [1.54, 1.807) is 18.2 Å². The van der Waals surface area contributed by atoms with E-state index in [0.29, 0.717) is 11.1 Å². The quantitative estimate of drug-likeness (QED) is 0.552. The number of anilines is 1. The van der Waals surface area contributed by atoms with Gasteiger partial charge in [0.1, 0.15) is 17.4 Å². The summed E-state index contributed by atoms with van der Waals surface area (Å²) in [6.45, 7) is -0.477. The number of ether oxygens (including phenoxy) is 2. The molecule has 0 aliphatic heterocycles. The highest BCUT2D eigenvalue weighted by Crippen LogP contribution is 2.30. The summed E-state index contributed by atoms with van der Waals surface area (Å²) in [4.78, 5) is 23.6. The molecule has 0 aliphatic rings. The summed E-state index contributed by atoms with van der Waals surface area (Å²) in [6, 6.07) is 16.0. The fourth-order valence-electron chi connectivity index (χ4n) is 2.67. The molecule has 0 saturated carbocycles. The first-order valence-corrected chi connectivity index (χ1v) is 9.12. The lowest BCUT2D eigenvalue weighted by molar-refractivity contribution is -0.118. The summed E-state index contributed by atoms with van der Waals surface area (Å²) in [5, 5.41) is 2.52. The third-order valence-electron chi connectivity index (χ3n) is 4.13. The number of halogens is 3. The topological polar surface area (TPSA) is 64.6 Å². The van der Waals surface area contributed by atoms with E-state index in [4.69, 9.17) is 16.3 Å². The lowest BCUT2D eigenvalue weighted by Crippen LogP contribution is -2.21. The van der Waals surface area contributed by atoms with Crippen molar-refractivity contribution in [2.75, 3.05) is 19.0 Å². The molecule has 0 aliphatic carbocycles. The van der Waals surface area contributed by atoms with Crippen molar-refractivity contribution < 1.29 is 27.8 Å². The molecule has 8 heteroatoms. The van der Waals surface area contributed by atoms with Crippen molar-refractivity contribution in [1.82, 2.24) is 0 Å². The average Bonchev–Trinajstić information content (AvgIpc) is 2.74. The van der Waals surface area contributed by atoms with Gasteiger partial charge in [-0.25, -0.2) is 13.6 Å². The van der Waals surface area contributed by atoms with E-state index < -0.39 is 35.7 Å². The molecule has 0 atom stereocenters. The van der Waals surface area contributed by atoms with Crippen molar-refractivity contribution >= 4 is 29.2 Å². The Kier molecular flexibility index (Phi) is 6.64. The molecule has 0 heterocycles. The number of hydrogen-bond acceptors (Lipinski definition) is 4. The fourth-order valence-corrected chi connectivity index (χ4v) is 2.90. The van der Waals surface area contributed by atoms with Gasteiger partial charge in [-0.2, -0.15) is 0 Å². The molecule has 0 radical (unpaired) electrons. The largest absolute Gasteiger partial charge is 0.482 e. The molecule has 0 aromatic heterocycles. The molecular weight excluding hydrogens is 416 g/mol. The highest BCUT2D eigenvalue weighted by molar-refractivity contribution is 6.32. The van der Waals surface area contributed by atoms with Gasteiger partial charge in [-0.3, -0.25) is 4.79 Å². The number of carbonyl (C=O) groups excluding carboxylic acids is 2. The normalized spacial score (nSPS) is 10.4. The summed E-state index contributed by atoms with van der Waals surface area (Å²) in [7, 11) is 1.06. The summed E-state index contributed by atoms with van der Waals surface area (Å²) >= 11 is 6.23. The molecule has 0 bridgehead atoms. The summed E-state index contributed by atoms with van der Waals surface area (Å²) in [6.07, 6.45) is 0. The second kappa shape index (κ2) is 9.37. The molecule has 0 saturated heterocycles. The standard InChI is InChI=1S/C22H16ClF2NO4/c1-29-22(28)15-10-19(18(25)11-17(15)24)26-21(27)12-30-20-8-7-14(9-16(20)23)13-5-3-2-4-6-13/h2-11H,12H2,1H3,(H,26,27). The van der Waals surface area contributed by atoms with Crippen LogP contribution in [0.1, 0.15) is 10.4 Å². The summed E-state index contributed by atoms with van der Waals surface area (Å²) in [5.74, 6) is -3.59. The van der Waals surface area contributed by atoms with Gasteiger partial charge in [0.25, 0.3) is 5.91 Å². The van der Waals surface area contributed by atoms with Crippen LogP contribution in [0.3, 0.4) is 0 Å². The van der Waals surface area contributed by atoms with Gasteiger partial charge >= 0.3 is 5.97 Å². The minimum Gasteiger partial charge on any atom is -0.482 e. The van der Waals surface area contributed by atoms with Gasteiger partial charge in [0.05, 0.1) is 23.4 Å². The lowest BCUT2D eigenvalue weighted by atomic mass is 10.1. The number of methoxy groups -OCH3 is 1. The molecule has 154 valence electrons. The number of hydrogen-bond donors (Lipinski definition) is 1. The summed E-state index contributed by atoms with van der Waals surface area (Å²) < 4.78 is 37.4. The molecule has 1 amide bonds.